The maximum atomic E-state index is 13.6. The van der Waals surface area contributed by atoms with E-state index < -0.39 is 0 Å². The molecule has 0 atom stereocenters. The molecule has 0 aliphatic heterocycles. The van der Waals surface area contributed by atoms with E-state index in [1.54, 1.807) is 43.5 Å². The van der Waals surface area contributed by atoms with E-state index in [9.17, 15) is 9.18 Å². The van der Waals surface area contributed by atoms with E-state index in [-0.39, 0.29) is 18.0 Å². The molecule has 0 saturated carbocycles. The van der Waals surface area contributed by atoms with Crippen molar-refractivity contribution in [2.24, 2.45) is 0 Å². The van der Waals surface area contributed by atoms with Gasteiger partial charge in [-0.3, -0.25) is 4.79 Å². The van der Waals surface area contributed by atoms with Crippen molar-refractivity contribution in [1.29, 1.82) is 0 Å². The number of Topliss-reactive ketones (excluding diaryl/α,β-unsaturated/α-hetero) is 1. The Morgan fingerprint density at radius 1 is 1.21 bits per heavy atom. The number of benzene rings is 2. The Hall–Kier alpha value is -1.68. The summed E-state index contributed by atoms with van der Waals surface area (Å²) in [5.41, 5.74) is 0.926. The quantitative estimate of drug-likeness (QED) is 0.795. The lowest BCUT2D eigenvalue weighted by molar-refractivity contribution is 0.0992. The predicted molar refractivity (Wildman–Crippen MR) is 75.1 cm³/mol. The van der Waals surface area contributed by atoms with Crippen molar-refractivity contribution in [3.8, 4) is 5.75 Å². The highest BCUT2D eigenvalue weighted by Crippen LogP contribution is 2.18. The average molecular weight is 323 g/mol. The fourth-order valence-corrected chi connectivity index (χ4v) is 2.14. The number of ether oxygens (including phenoxy) is 1. The molecule has 0 radical (unpaired) electrons. The third kappa shape index (κ3) is 3.41. The van der Waals surface area contributed by atoms with Gasteiger partial charge in [0.15, 0.2) is 5.78 Å². The van der Waals surface area contributed by atoms with Gasteiger partial charge in [-0.25, -0.2) is 4.39 Å². The summed E-state index contributed by atoms with van der Waals surface area (Å²) in [7, 11) is 1.56. The maximum Gasteiger partial charge on any atom is 0.167 e. The number of carbonyl (C=O) groups excluding carboxylic acids is 1. The third-order valence-corrected chi connectivity index (χ3v) is 3.26. The second kappa shape index (κ2) is 5.97. The summed E-state index contributed by atoms with van der Waals surface area (Å²) in [6, 6.07) is 11.4. The van der Waals surface area contributed by atoms with Crippen molar-refractivity contribution in [2.75, 3.05) is 7.11 Å². The van der Waals surface area contributed by atoms with Crippen LogP contribution in [0.5, 0.6) is 5.75 Å². The van der Waals surface area contributed by atoms with Crippen molar-refractivity contribution in [3.63, 3.8) is 0 Å². The van der Waals surface area contributed by atoms with E-state index in [1.807, 2.05) is 0 Å². The minimum Gasteiger partial charge on any atom is -0.497 e. The van der Waals surface area contributed by atoms with Gasteiger partial charge in [-0.05, 0) is 48.0 Å². The lowest BCUT2D eigenvalue weighted by atomic mass is 10.0. The lowest BCUT2D eigenvalue weighted by Crippen LogP contribution is -2.05. The molecule has 0 unspecified atom stereocenters. The Kier molecular flexibility index (Phi) is 4.32. The van der Waals surface area contributed by atoms with Crippen LogP contribution in [0.15, 0.2) is 46.9 Å². The Balaban J connectivity index is 2.18. The molecule has 2 aromatic rings. The van der Waals surface area contributed by atoms with Gasteiger partial charge in [-0.1, -0.05) is 15.9 Å². The molecule has 0 bridgehead atoms. The van der Waals surface area contributed by atoms with Crippen LogP contribution in [0.25, 0.3) is 0 Å². The maximum absolute atomic E-state index is 13.6. The van der Waals surface area contributed by atoms with E-state index >= 15 is 0 Å². The van der Waals surface area contributed by atoms with Crippen LogP contribution in [0, 0.1) is 5.82 Å². The van der Waals surface area contributed by atoms with Crippen LogP contribution in [0.4, 0.5) is 4.39 Å². The van der Waals surface area contributed by atoms with Gasteiger partial charge in [0.25, 0.3) is 0 Å². The van der Waals surface area contributed by atoms with Crippen molar-refractivity contribution < 1.29 is 13.9 Å². The molecule has 19 heavy (non-hydrogen) atoms. The molecule has 0 heterocycles. The van der Waals surface area contributed by atoms with Crippen LogP contribution < -0.4 is 4.74 Å². The normalized spacial score (nSPS) is 10.3. The molecule has 0 aliphatic carbocycles. The van der Waals surface area contributed by atoms with Gasteiger partial charge in [-0.15, -0.1) is 0 Å². The zero-order chi connectivity index (χ0) is 13.8. The molecule has 0 fully saturated rings. The molecule has 0 saturated heterocycles. The van der Waals surface area contributed by atoms with Crippen molar-refractivity contribution in [2.45, 2.75) is 6.42 Å². The Morgan fingerprint density at radius 2 is 1.89 bits per heavy atom. The first kappa shape index (κ1) is 13.7. The van der Waals surface area contributed by atoms with Crippen LogP contribution in [-0.2, 0) is 6.42 Å². The minimum absolute atomic E-state index is 0.0393. The summed E-state index contributed by atoms with van der Waals surface area (Å²) in [6.45, 7) is 0. The molecule has 0 aliphatic rings. The van der Waals surface area contributed by atoms with Crippen molar-refractivity contribution >= 4 is 21.7 Å². The first-order valence-electron chi connectivity index (χ1n) is 5.71. The number of ketones is 1. The van der Waals surface area contributed by atoms with E-state index in [0.717, 1.165) is 4.47 Å². The van der Waals surface area contributed by atoms with Crippen LogP contribution in [0.2, 0.25) is 0 Å². The topological polar surface area (TPSA) is 26.3 Å². The van der Waals surface area contributed by atoms with Crippen molar-refractivity contribution in [3.05, 3.63) is 63.9 Å². The molecular weight excluding hydrogens is 311 g/mol. The number of hydrogen-bond donors (Lipinski definition) is 0. The summed E-state index contributed by atoms with van der Waals surface area (Å²) in [5, 5.41) is 0. The molecule has 0 N–H and O–H groups in total. The SMILES string of the molecule is COc1ccc(C(=O)Cc2cc(Br)ccc2F)cc1. The first-order valence-corrected chi connectivity index (χ1v) is 6.50. The molecule has 0 aromatic heterocycles. The van der Waals surface area contributed by atoms with Gasteiger partial charge in [0, 0.05) is 16.5 Å². The Morgan fingerprint density at radius 3 is 2.53 bits per heavy atom. The highest BCUT2D eigenvalue weighted by atomic mass is 79.9. The Bertz CT molecular complexity index is 594. The van der Waals surface area contributed by atoms with Crippen molar-refractivity contribution in [1.82, 2.24) is 0 Å². The summed E-state index contributed by atoms with van der Waals surface area (Å²) in [4.78, 5) is 12.1. The molecule has 98 valence electrons. The van der Waals surface area contributed by atoms with E-state index in [1.165, 1.54) is 6.07 Å². The summed E-state index contributed by atoms with van der Waals surface area (Å²) in [6.07, 6.45) is 0.0393. The smallest absolute Gasteiger partial charge is 0.167 e. The number of hydrogen-bond acceptors (Lipinski definition) is 2. The van der Waals surface area contributed by atoms with Crippen LogP contribution >= 0.6 is 15.9 Å². The van der Waals surface area contributed by atoms with Gasteiger partial charge in [0.1, 0.15) is 11.6 Å². The van der Waals surface area contributed by atoms with Crippen LogP contribution in [0.3, 0.4) is 0 Å². The Labute approximate surface area is 119 Å². The third-order valence-electron chi connectivity index (χ3n) is 2.77. The molecule has 0 spiro atoms. The van der Waals surface area contributed by atoms with E-state index in [2.05, 4.69) is 15.9 Å². The monoisotopic (exact) mass is 322 g/mol. The first-order chi connectivity index (χ1) is 9.10. The van der Waals surface area contributed by atoms with Gasteiger partial charge < -0.3 is 4.74 Å². The second-order valence-electron chi connectivity index (χ2n) is 4.06. The summed E-state index contributed by atoms with van der Waals surface area (Å²) >= 11 is 3.27. The lowest BCUT2D eigenvalue weighted by Gasteiger charge is -2.05. The molecule has 2 aromatic carbocycles. The minimum atomic E-state index is -0.370. The number of methoxy groups -OCH3 is 1. The second-order valence-corrected chi connectivity index (χ2v) is 4.98. The number of rotatable bonds is 4. The van der Waals surface area contributed by atoms with Gasteiger partial charge in [-0.2, -0.15) is 0 Å². The highest BCUT2D eigenvalue weighted by molar-refractivity contribution is 9.10. The number of halogens is 2. The van der Waals surface area contributed by atoms with Gasteiger partial charge >= 0.3 is 0 Å². The van der Waals surface area contributed by atoms with E-state index in [0.29, 0.717) is 16.9 Å². The van der Waals surface area contributed by atoms with Crippen LogP contribution in [0.1, 0.15) is 15.9 Å². The van der Waals surface area contributed by atoms with Crippen LogP contribution in [-0.4, -0.2) is 12.9 Å². The highest BCUT2D eigenvalue weighted by Gasteiger charge is 2.11. The number of carbonyl (C=O) groups is 1. The zero-order valence-corrected chi connectivity index (χ0v) is 11.9. The summed E-state index contributed by atoms with van der Waals surface area (Å²) < 4.78 is 19.4. The molecular formula is C15H12BrFO2. The average Bonchev–Trinajstić information content (AvgIpc) is 2.43. The molecule has 4 heteroatoms. The molecule has 2 nitrogen and oxygen atoms in total. The van der Waals surface area contributed by atoms with Gasteiger partial charge in [0.2, 0.25) is 0 Å². The largest absolute Gasteiger partial charge is 0.497 e. The van der Waals surface area contributed by atoms with Gasteiger partial charge in [0.05, 0.1) is 7.11 Å². The summed E-state index contributed by atoms with van der Waals surface area (Å²) in [5.74, 6) is 0.190. The molecule has 2 rings (SSSR count). The molecule has 0 amide bonds. The zero-order valence-electron chi connectivity index (χ0n) is 10.3. The standard InChI is InChI=1S/C15H12BrFO2/c1-19-13-5-2-10(3-6-13)15(18)9-11-8-12(16)4-7-14(11)17/h2-8H,9H2,1H3. The fraction of sp³-hybridized carbons (Fsp3) is 0.133. The van der Waals surface area contributed by atoms with E-state index in [4.69, 9.17) is 4.74 Å². The predicted octanol–water partition coefficient (Wildman–Crippen LogP) is 4.02. The fourth-order valence-electron chi connectivity index (χ4n) is 1.73.